The van der Waals surface area contributed by atoms with Crippen LogP contribution in [-0.2, 0) is 6.42 Å². The Morgan fingerprint density at radius 3 is 2.88 bits per heavy atom. The third-order valence-electron chi connectivity index (χ3n) is 2.73. The molecular formula is C12H17N3O. The smallest absolute Gasteiger partial charge is 0.107 e. The van der Waals surface area contributed by atoms with E-state index in [1.807, 2.05) is 31.2 Å². The Bertz CT molecular complexity index is 443. The Balaban J connectivity index is 2.10. The van der Waals surface area contributed by atoms with Crippen molar-refractivity contribution in [2.24, 2.45) is 5.73 Å². The van der Waals surface area contributed by atoms with E-state index in [0.717, 1.165) is 23.3 Å². The Morgan fingerprint density at radius 1 is 1.44 bits per heavy atom. The topological polar surface area (TPSA) is 74.9 Å². The molecule has 4 nitrogen and oxygen atoms in total. The molecule has 0 amide bonds. The van der Waals surface area contributed by atoms with Gasteiger partial charge in [0.25, 0.3) is 0 Å². The van der Waals surface area contributed by atoms with Crippen LogP contribution in [0, 0.1) is 0 Å². The minimum atomic E-state index is -0.529. The molecule has 0 fully saturated rings. The Labute approximate surface area is 94.5 Å². The molecule has 0 saturated carbocycles. The number of nitrogens with two attached hydrogens (primary N) is 1. The lowest BCUT2D eigenvalue weighted by Crippen LogP contribution is -2.40. The normalized spacial score (nSPS) is 15.2. The predicted molar refractivity (Wildman–Crippen MR) is 64.1 cm³/mol. The lowest BCUT2D eigenvalue weighted by molar-refractivity contribution is 0.200. The summed E-state index contributed by atoms with van der Waals surface area (Å²) < 4.78 is 0. The second-order valence-electron chi connectivity index (χ2n) is 4.51. The van der Waals surface area contributed by atoms with Crippen molar-refractivity contribution >= 4 is 11.0 Å². The van der Waals surface area contributed by atoms with Crippen molar-refractivity contribution in [1.29, 1.82) is 0 Å². The van der Waals surface area contributed by atoms with E-state index in [1.54, 1.807) is 0 Å². The number of H-pyrrole nitrogens is 1. The van der Waals surface area contributed by atoms with Gasteiger partial charge in [-0.1, -0.05) is 12.1 Å². The molecule has 2 aromatic rings. The van der Waals surface area contributed by atoms with E-state index < -0.39 is 5.54 Å². The summed E-state index contributed by atoms with van der Waals surface area (Å²) in [5.74, 6) is 0.923. The number of hydrogen-bond donors (Lipinski definition) is 3. The van der Waals surface area contributed by atoms with Crippen molar-refractivity contribution in [3.8, 4) is 0 Å². The van der Waals surface area contributed by atoms with Gasteiger partial charge in [0.15, 0.2) is 0 Å². The number of para-hydroxylation sites is 2. The van der Waals surface area contributed by atoms with Crippen LogP contribution < -0.4 is 5.73 Å². The fourth-order valence-corrected chi connectivity index (χ4v) is 1.61. The average Bonchev–Trinajstić information content (AvgIpc) is 2.69. The third-order valence-corrected chi connectivity index (χ3v) is 2.73. The van der Waals surface area contributed by atoms with Gasteiger partial charge in [-0.15, -0.1) is 0 Å². The van der Waals surface area contributed by atoms with E-state index in [0.29, 0.717) is 6.42 Å². The molecule has 0 spiro atoms. The van der Waals surface area contributed by atoms with Gasteiger partial charge in [-0.3, -0.25) is 0 Å². The number of hydrogen-bond acceptors (Lipinski definition) is 3. The Hall–Kier alpha value is -1.39. The van der Waals surface area contributed by atoms with Crippen LogP contribution in [0.15, 0.2) is 24.3 Å². The van der Waals surface area contributed by atoms with Gasteiger partial charge in [-0.25, -0.2) is 4.98 Å². The largest absolute Gasteiger partial charge is 0.394 e. The molecule has 1 atom stereocenters. The van der Waals surface area contributed by atoms with Crippen LogP contribution in [0.2, 0.25) is 0 Å². The molecule has 0 saturated heterocycles. The molecule has 1 unspecified atom stereocenters. The SMILES string of the molecule is CC(N)(CO)CCc1nc2ccccc2[nH]1. The number of fused-ring (bicyclic) bond motifs is 1. The van der Waals surface area contributed by atoms with E-state index in [2.05, 4.69) is 9.97 Å². The van der Waals surface area contributed by atoms with Gasteiger partial charge >= 0.3 is 0 Å². The van der Waals surface area contributed by atoms with E-state index >= 15 is 0 Å². The molecule has 0 aliphatic rings. The first kappa shape index (κ1) is 11.1. The molecule has 1 heterocycles. The van der Waals surface area contributed by atoms with Crippen LogP contribution in [0.1, 0.15) is 19.2 Å². The fraction of sp³-hybridized carbons (Fsp3) is 0.417. The first-order valence-electron chi connectivity index (χ1n) is 5.44. The second-order valence-corrected chi connectivity index (χ2v) is 4.51. The number of aromatic amines is 1. The second kappa shape index (κ2) is 4.23. The molecule has 0 aliphatic carbocycles. The highest BCUT2D eigenvalue weighted by molar-refractivity contribution is 5.74. The van der Waals surface area contributed by atoms with Gasteiger partial charge in [0, 0.05) is 12.0 Å². The summed E-state index contributed by atoms with van der Waals surface area (Å²) in [5, 5.41) is 9.06. The number of aliphatic hydroxyl groups is 1. The minimum absolute atomic E-state index is 0.00672. The minimum Gasteiger partial charge on any atom is -0.394 e. The molecule has 0 aliphatic heterocycles. The van der Waals surface area contributed by atoms with Crippen LogP contribution >= 0.6 is 0 Å². The molecule has 4 N–H and O–H groups in total. The Morgan fingerprint density at radius 2 is 2.19 bits per heavy atom. The summed E-state index contributed by atoms with van der Waals surface area (Å²) in [6.07, 6.45) is 1.46. The van der Waals surface area contributed by atoms with Crippen molar-refractivity contribution in [2.45, 2.75) is 25.3 Å². The van der Waals surface area contributed by atoms with Gasteiger partial charge in [-0.2, -0.15) is 0 Å². The zero-order chi connectivity index (χ0) is 11.6. The summed E-state index contributed by atoms with van der Waals surface area (Å²) >= 11 is 0. The molecule has 0 radical (unpaired) electrons. The first-order chi connectivity index (χ1) is 7.61. The van der Waals surface area contributed by atoms with E-state index in [9.17, 15) is 0 Å². The Kier molecular flexibility index (Phi) is 2.94. The monoisotopic (exact) mass is 219 g/mol. The number of nitrogens with zero attached hydrogens (tertiary/aromatic N) is 1. The summed E-state index contributed by atoms with van der Waals surface area (Å²) in [6, 6.07) is 7.92. The lowest BCUT2D eigenvalue weighted by Gasteiger charge is -2.20. The van der Waals surface area contributed by atoms with Crippen LogP contribution in [-0.4, -0.2) is 27.2 Å². The quantitative estimate of drug-likeness (QED) is 0.723. The van der Waals surface area contributed by atoms with Gasteiger partial charge in [-0.05, 0) is 25.5 Å². The van der Waals surface area contributed by atoms with Gasteiger partial charge < -0.3 is 15.8 Å². The molecular weight excluding hydrogens is 202 g/mol. The van der Waals surface area contributed by atoms with Crippen LogP contribution in [0.4, 0.5) is 0 Å². The maximum atomic E-state index is 9.06. The predicted octanol–water partition coefficient (Wildman–Crippen LogP) is 1.21. The summed E-state index contributed by atoms with van der Waals surface area (Å²) in [7, 11) is 0. The molecule has 0 bridgehead atoms. The summed E-state index contributed by atoms with van der Waals surface area (Å²) in [4.78, 5) is 7.70. The molecule has 4 heteroatoms. The summed E-state index contributed by atoms with van der Waals surface area (Å²) in [5.41, 5.74) is 7.35. The maximum absolute atomic E-state index is 9.06. The van der Waals surface area contributed by atoms with Crippen molar-refractivity contribution in [2.75, 3.05) is 6.61 Å². The number of benzene rings is 1. The average molecular weight is 219 g/mol. The molecule has 1 aromatic carbocycles. The molecule has 86 valence electrons. The third kappa shape index (κ3) is 2.40. The molecule has 2 rings (SSSR count). The zero-order valence-electron chi connectivity index (χ0n) is 9.40. The van der Waals surface area contributed by atoms with Crippen LogP contribution in [0.25, 0.3) is 11.0 Å². The van der Waals surface area contributed by atoms with Crippen LogP contribution in [0.3, 0.4) is 0 Å². The van der Waals surface area contributed by atoms with E-state index in [-0.39, 0.29) is 6.61 Å². The fourth-order valence-electron chi connectivity index (χ4n) is 1.61. The van der Waals surface area contributed by atoms with E-state index in [4.69, 9.17) is 10.8 Å². The highest BCUT2D eigenvalue weighted by Crippen LogP contribution is 2.14. The highest BCUT2D eigenvalue weighted by Gasteiger charge is 2.17. The number of rotatable bonds is 4. The van der Waals surface area contributed by atoms with Crippen molar-refractivity contribution in [3.63, 3.8) is 0 Å². The molecule has 16 heavy (non-hydrogen) atoms. The van der Waals surface area contributed by atoms with Crippen molar-refractivity contribution in [3.05, 3.63) is 30.1 Å². The number of aryl methyl sites for hydroxylation is 1. The van der Waals surface area contributed by atoms with Gasteiger partial charge in [0.1, 0.15) is 5.82 Å². The van der Waals surface area contributed by atoms with E-state index in [1.165, 1.54) is 0 Å². The highest BCUT2D eigenvalue weighted by atomic mass is 16.3. The summed E-state index contributed by atoms with van der Waals surface area (Å²) in [6.45, 7) is 1.84. The first-order valence-corrected chi connectivity index (χ1v) is 5.44. The van der Waals surface area contributed by atoms with Gasteiger partial charge in [0.2, 0.25) is 0 Å². The van der Waals surface area contributed by atoms with Crippen molar-refractivity contribution in [1.82, 2.24) is 9.97 Å². The number of nitrogens with one attached hydrogen (secondary N) is 1. The number of aromatic nitrogens is 2. The number of imidazole rings is 1. The maximum Gasteiger partial charge on any atom is 0.107 e. The lowest BCUT2D eigenvalue weighted by atomic mass is 9.98. The van der Waals surface area contributed by atoms with Crippen LogP contribution in [0.5, 0.6) is 0 Å². The molecule has 1 aromatic heterocycles. The standard InChI is InChI=1S/C12H17N3O/c1-12(13,8-16)7-6-11-14-9-4-2-3-5-10(9)15-11/h2-5,16H,6-8,13H2,1H3,(H,14,15). The zero-order valence-corrected chi connectivity index (χ0v) is 9.40. The number of aliphatic hydroxyl groups excluding tert-OH is 1. The van der Waals surface area contributed by atoms with Crippen molar-refractivity contribution < 1.29 is 5.11 Å². The van der Waals surface area contributed by atoms with Gasteiger partial charge in [0.05, 0.1) is 17.6 Å².